The Bertz CT molecular complexity index is 728. The summed E-state index contributed by atoms with van der Waals surface area (Å²) >= 11 is 0. The van der Waals surface area contributed by atoms with E-state index < -0.39 is 0 Å². The van der Waals surface area contributed by atoms with E-state index in [-0.39, 0.29) is 0 Å². The third-order valence-corrected chi connectivity index (χ3v) is 2.66. The molecule has 3 rings (SSSR count). The van der Waals surface area contributed by atoms with E-state index in [0.29, 0.717) is 29.5 Å². The molecule has 0 N–H and O–H groups in total. The highest BCUT2D eigenvalue weighted by Gasteiger charge is 2.09. The fourth-order valence-electron chi connectivity index (χ4n) is 1.79. The Balaban J connectivity index is 2.02. The van der Waals surface area contributed by atoms with Crippen LogP contribution >= 0.6 is 0 Å². The van der Waals surface area contributed by atoms with Gasteiger partial charge in [0.1, 0.15) is 5.76 Å². The highest BCUT2D eigenvalue weighted by molar-refractivity contribution is 5.73. The second-order valence-electron chi connectivity index (χ2n) is 4.05. The van der Waals surface area contributed by atoms with Gasteiger partial charge in [0.15, 0.2) is 17.9 Å². The molecule has 0 bridgehead atoms. The minimum atomic E-state index is 0.300. The largest absolute Gasteiger partial charge is 0.453 e. The molecule has 94 valence electrons. The molecule has 5 heteroatoms. The Hall–Kier alpha value is -2.69. The molecule has 19 heavy (non-hydrogen) atoms. The molecular formula is C14H10N2O3. The monoisotopic (exact) mass is 254 g/mol. The summed E-state index contributed by atoms with van der Waals surface area (Å²) < 4.78 is 10.5. The molecule has 0 aliphatic carbocycles. The summed E-state index contributed by atoms with van der Waals surface area (Å²) in [5.74, 6) is 1.97. The lowest BCUT2D eigenvalue weighted by Gasteiger charge is -1.99. The molecule has 2 aromatic heterocycles. The third kappa shape index (κ3) is 2.18. The average Bonchev–Trinajstić information content (AvgIpc) is 3.07. The zero-order valence-electron chi connectivity index (χ0n) is 10.2. The first-order valence-corrected chi connectivity index (χ1v) is 5.72. The van der Waals surface area contributed by atoms with Gasteiger partial charge in [-0.15, -0.1) is 0 Å². The number of aromatic nitrogens is 2. The van der Waals surface area contributed by atoms with Crippen molar-refractivity contribution in [1.29, 1.82) is 0 Å². The number of carbonyl (C=O) groups is 1. The second-order valence-corrected chi connectivity index (χ2v) is 4.05. The van der Waals surface area contributed by atoms with Gasteiger partial charge in [0, 0.05) is 11.1 Å². The molecule has 0 amide bonds. The third-order valence-electron chi connectivity index (χ3n) is 2.66. The molecule has 5 nitrogen and oxygen atoms in total. The predicted octanol–water partition coefficient (Wildman–Crippen LogP) is 3.12. The molecule has 3 aromatic rings. The van der Waals surface area contributed by atoms with Crippen molar-refractivity contribution < 1.29 is 13.7 Å². The summed E-state index contributed by atoms with van der Waals surface area (Å²) in [5.41, 5.74) is 1.66. The van der Waals surface area contributed by atoms with Gasteiger partial charge in [-0.1, -0.05) is 17.3 Å². The van der Waals surface area contributed by atoms with Crippen LogP contribution in [0.25, 0.3) is 22.8 Å². The number of carbonyl (C=O) groups excluding carboxylic acids is 1. The van der Waals surface area contributed by atoms with Crippen molar-refractivity contribution in [2.75, 3.05) is 0 Å². The van der Waals surface area contributed by atoms with Crippen molar-refractivity contribution in [3.05, 3.63) is 48.0 Å². The van der Waals surface area contributed by atoms with E-state index >= 15 is 0 Å². The van der Waals surface area contributed by atoms with Crippen LogP contribution < -0.4 is 0 Å². The standard InChI is InChI=1S/C14H10N2O3/c1-9-15-14(19-16-9)11-4-2-3-10(7-11)13-6-5-12(8-17)18-13/h2-8H,1H3. The van der Waals surface area contributed by atoms with Gasteiger partial charge in [-0.2, -0.15) is 4.98 Å². The topological polar surface area (TPSA) is 69.1 Å². The van der Waals surface area contributed by atoms with Gasteiger partial charge in [-0.25, -0.2) is 0 Å². The summed E-state index contributed by atoms with van der Waals surface area (Å²) in [6.45, 7) is 1.76. The molecule has 2 heterocycles. The lowest BCUT2D eigenvalue weighted by Crippen LogP contribution is -1.80. The molecular weight excluding hydrogens is 244 g/mol. The first-order valence-electron chi connectivity index (χ1n) is 5.72. The number of aldehydes is 1. The molecule has 1 aromatic carbocycles. The van der Waals surface area contributed by atoms with Crippen molar-refractivity contribution >= 4 is 6.29 Å². The Labute approximate surface area is 108 Å². The summed E-state index contributed by atoms with van der Waals surface area (Å²) in [7, 11) is 0. The molecule has 0 saturated carbocycles. The van der Waals surface area contributed by atoms with E-state index in [2.05, 4.69) is 10.1 Å². The SMILES string of the molecule is Cc1noc(-c2cccc(-c3ccc(C=O)o3)c2)n1. The Kier molecular flexibility index (Phi) is 2.72. The number of hydrogen-bond acceptors (Lipinski definition) is 5. The zero-order chi connectivity index (χ0) is 13.2. The normalized spacial score (nSPS) is 10.6. The van der Waals surface area contributed by atoms with Gasteiger partial charge in [0.25, 0.3) is 5.89 Å². The van der Waals surface area contributed by atoms with Gasteiger partial charge < -0.3 is 8.94 Å². The van der Waals surface area contributed by atoms with Gasteiger partial charge in [-0.3, -0.25) is 4.79 Å². The van der Waals surface area contributed by atoms with E-state index in [1.165, 1.54) is 0 Å². The van der Waals surface area contributed by atoms with Crippen LogP contribution in [0, 0.1) is 6.92 Å². The van der Waals surface area contributed by atoms with Crippen LogP contribution in [-0.4, -0.2) is 16.4 Å². The number of hydrogen-bond donors (Lipinski definition) is 0. The van der Waals surface area contributed by atoms with Crippen LogP contribution in [0.5, 0.6) is 0 Å². The predicted molar refractivity (Wildman–Crippen MR) is 67.6 cm³/mol. The Morgan fingerprint density at radius 1 is 1.16 bits per heavy atom. The van der Waals surface area contributed by atoms with Gasteiger partial charge >= 0.3 is 0 Å². The van der Waals surface area contributed by atoms with Crippen LogP contribution in [-0.2, 0) is 0 Å². The summed E-state index contributed by atoms with van der Waals surface area (Å²) in [6.07, 6.45) is 0.675. The van der Waals surface area contributed by atoms with Gasteiger partial charge in [0.05, 0.1) is 0 Å². The first-order chi connectivity index (χ1) is 9.26. The smallest absolute Gasteiger partial charge is 0.257 e. The van der Waals surface area contributed by atoms with Crippen molar-refractivity contribution in [2.45, 2.75) is 6.92 Å². The highest BCUT2D eigenvalue weighted by atomic mass is 16.5. The minimum absolute atomic E-state index is 0.300. The van der Waals surface area contributed by atoms with Crippen molar-refractivity contribution in [3.63, 3.8) is 0 Å². The van der Waals surface area contributed by atoms with E-state index in [0.717, 1.165) is 11.1 Å². The summed E-state index contributed by atoms with van der Waals surface area (Å²) in [4.78, 5) is 14.8. The lowest BCUT2D eigenvalue weighted by molar-refractivity contribution is 0.110. The maximum atomic E-state index is 10.6. The molecule has 0 saturated heterocycles. The van der Waals surface area contributed by atoms with Crippen LogP contribution in [0.1, 0.15) is 16.4 Å². The van der Waals surface area contributed by atoms with Crippen LogP contribution in [0.4, 0.5) is 0 Å². The fraction of sp³-hybridized carbons (Fsp3) is 0.0714. The molecule has 0 aliphatic heterocycles. The number of furan rings is 1. The molecule has 0 aliphatic rings. The van der Waals surface area contributed by atoms with Crippen LogP contribution in [0.15, 0.2) is 45.3 Å². The van der Waals surface area contributed by atoms with Gasteiger partial charge in [0.2, 0.25) is 0 Å². The molecule has 0 fully saturated rings. The Morgan fingerprint density at radius 2 is 2.00 bits per heavy atom. The number of benzene rings is 1. The van der Waals surface area contributed by atoms with Crippen molar-refractivity contribution in [2.24, 2.45) is 0 Å². The van der Waals surface area contributed by atoms with Crippen LogP contribution in [0.3, 0.4) is 0 Å². The first kappa shape index (κ1) is 11.4. The van der Waals surface area contributed by atoms with E-state index in [1.54, 1.807) is 19.1 Å². The maximum absolute atomic E-state index is 10.6. The van der Waals surface area contributed by atoms with Gasteiger partial charge in [-0.05, 0) is 31.2 Å². The molecule has 0 radical (unpaired) electrons. The second kappa shape index (κ2) is 4.53. The highest BCUT2D eigenvalue weighted by Crippen LogP contribution is 2.26. The summed E-state index contributed by atoms with van der Waals surface area (Å²) in [6, 6.07) is 10.9. The molecule has 0 spiro atoms. The minimum Gasteiger partial charge on any atom is -0.453 e. The maximum Gasteiger partial charge on any atom is 0.257 e. The van der Waals surface area contributed by atoms with E-state index in [4.69, 9.17) is 8.94 Å². The number of rotatable bonds is 3. The zero-order valence-corrected chi connectivity index (χ0v) is 10.2. The molecule has 0 atom stereocenters. The van der Waals surface area contributed by atoms with E-state index in [1.807, 2.05) is 24.3 Å². The Morgan fingerprint density at radius 3 is 2.68 bits per heavy atom. The lowest BCUT2D eigenvalue weighted by atomic mass is 10.1. The fourth-order valence-corrected chi connectivity index (χ4v) is 1.79. The molecule has 0 unspecified atom stereocenters. The quantitative estimate of drug-likeness (QED) is 0.671. The van der Waals surface area contributed by atoms with E-state index in [9.17, 15) is 4.79 Å². The van der Waals surface area contributed by atoms with Crippen LogP contribution in [0.2, 0.25) is 0 Å². The van der Waals surface area contributed by atoms with Crippen molar-refractivity contribution in [1.82, 2.24) is 10.1 Å². The average molecular weight is 254 g/mol. The summed E-state index contributed by atoms with van der Waals surface area (Å²) in [5, 5.41) is 3.76. The number of nitrogens with zero attached hydrogens (tertiary/aromatic N) is 2. The van der Waals surface area contributed by atoms with Crippen molar-refractivity contribution in [3.8, 4) is 22.8 Å². The number of aryl methyl sites for hydroxylation is 1.